The number of ether oxygens (including phenoxy) is 2. The van der Waals surface area contributed by atoms with Gasteiger partial charge >= 0.3 is 5.97 Å². The van der Waals surface area contributed by atoms with Gasteiger partial charge in [0, 0.05) is 18.9 Å². The van der Waals surface area contributed by atoms with Gasteiger partial charge in [0.1, 0.15) is 18.5 Å². The molecule has 2 fully saturated rings. The number of aliphatic hydroxyl groups excluding tert-OH is 2. The molecule has 0 amide bonds. The lowest BCUT2D eigenvalue weighted by Crippen LogP contribution is -2.22. The number of para-hydroxylation sites is 1. The molecule has 0 bridgehead atoms. The molecule has 6 nitrogen and oxygen atoms in total. The van der Waals surface area contributed by atoms with Gasteiger partial charge in [-0.05, 0) is 56.1 Å². The number of fused-ring (bicyclic) bond motifs is 1. The van der Waals surface area contributed by atoms with E-state index >= 15 is 0 Å². The Bertz CT molecular complexity index is 751. The molecule has 190 valence electrons. The third-order valence-electron chi connectivity index (χ3n) is 7.47. The van der Waals surface area contributed by atoms with Crippen molar-refractivity contribution in [2.24, 2.45) is 23.7 Å². The number of aliphatic carboxylic acids is 1. The van der Waals surface area contributed by atoms with Gasteiger partial charge in [0.2, 0.25) is 0 Å². The molecule has 3 N–H and O–H groups in total. The van der Waals surface area contributed by atoms with Crippen molar-refractivity contribution < 1.29 is 29.6 Å². The molecule has 1 aromatic carbocycles. The van der Waals surface area contributed by atoms with E-state index in [1.807, 2.05) is 43.3 Å². The predicted molar refractivity (Wildman–Crippen MR) is 132 cm³/mol. The van der Waals surface area contributed by atoms with Crippen LogP contribution in [0.2, 0.25) is 0 Å². The molecule has 1 aliphatic heterocycles. The molecule has 1 unspecified atom stereocenters. The van der Waals surface area contributed by atoms with Gasteiger partial charge in [-0.15, -0.1) is 0 Å². The zero-order valence-electron chi connectivity index (χ0n) is 20.4. The van der Waals surface area contributed by atoms with Gasteiger partial charge in [-0.3, -0.25) is 4.79 Å². The van der Waals surface area contributed by atoms with Crippen LogP contribution in [-0.2, 0) is 9.53 Å². The highest BCUT2D eigenvalue weighted by molar-refractivity contribution is 5.69. The number of carboxylic acid groups (broad SMARTS) is 1. The average molecular weight is 475 g/mol. The van der Waals surface area contributed by atoms with E-state index < -0.39 is 18.2 Å². The number of hydrogen-bond acceptors (Lipinski definition) is 5. The second kappa shape index (κ2) is 13.9. The summed E-state index contributed by atoms with van der Waals surface area (Å²) in [5.74, 6) is 0.591. The van der Waals surface area contributed by atoms with Crippen LogP contribution in [0.25, 0.3) is 0 Å². The van der Waals surface area contributed by atoms with Crippen molar-refractivity contribution in [3.63, 3.8) is 0 Å². The third-order valence-corrected chi connectivity index (χ3v) is 7.47. The van der Waals surface area contributed by atoms with Gasteiger partial charge in [0.25, 0.3) is 0 Å². The monoisotopic (exact) mass is 474 g/mol. The summed E-state index contributed by atoms with van der Waals surface area (Å²) in [6.45, 7) is 2.93. The average Bonchev–Trinajstić information content (AvgIpc) is 2.99. The summed E-state index contributed by atoms with van der Waals surface area (Å²) >= 11 is 0. The molecule has 2 aliphatic rings. The topological polar surface area (TPSA) is 96.2 Å². The Labute approximate surface area is 204 Å². The van der Waals surface area contributed by atoms with Gasteiger partial charge in [0.15, 0.2) is 0 Å². The molecule has 0 aromatic heterocycles. The number of unbranched alkanes of at least 4 members (excludes halogenated alkanes) is 1. The number of hydrogen-bond donors (Lipinski definition) is 3. The maximum Gasteiger partial charge on any atom is 0.306 e. The fourth-order valence-electron chi connectivity index (χ4n) is 5.52. The van der Waals surface area contributed by atoms with Crippen LogP contribution < -0.4 is 4.74 Å². The van der Waals surface area contributed by atoms with E-state index in [4.69, 9.17) is 9.47 Å². The molecule has 1 saturated carbocycles. The van der Waals surface area contributed by atoms with E-state index in [1.165, 1.54) is 0 Å². The van der Waals surface area contributed by atoms with Crippen molar-refractivity contribution in [2.45, 2.75) is 83.0 Å². The lowest BCUT2D eigenvalue weighted by atomic mass is 9.86. The Kier molecular flexibility index (Phi) is 10.9. The van der Waals surface area contributed by atoms with E-state index in [2.05, 4.69) is 0 Å². The molecule has 1 heterocycles. The largest absolute Gasteiger partial charge is 0.491 e. The molecule has 1 saturated heterocycles. The molecular formula is C28H42O6. The summed E-state index contributed by atoms with van der Waals surface area (Å²) in [5.41, 5.74) is 0. The Morgan fingerprint density at radius 1 is 1.21 bits per heavy atom. The van der Waals surface area contributed by atoms with Crippen molar-refractivity contribution >= 4 is 5.97 Å². The molecule has 0 radical (unpaired) electrons. The molecule has 1 aliphatic carbocycles. The Morgan fingerprint density at radius 3 is 2.74 bits per heavy atom. The number of carboxylic acids is 1. The van der Waals surface area contributed by atoms with Gasteiger partial charge in [0.05, 0.1) is 18.1 Å². The van der Waals surface area contributed by atoms with Gasteiger partial charge < -0.3 is 24.8 Å². The normalized spacial score (nSPS) is 28.9. The van der Waals surface area contributed by atoms with E-state index in [0.29, 0.717) is 12.3 Å². The Hall–Kier alpha value is -1.89. The van der Waals surface area contributed by atoms with Crippen molar-refractivity contribution in [1.82, 2.24) is 0 Å². The zero-order valence-corrected chi connectivity index (χ0v) is 20.4. The van der Waals surface area contributed by atoms with Crippen LogP contribution in [0.1, 0.15) is 64.7 Å². The SMILES string of the molecule is CCCC(CCCC[C@H]1CC[C@@H]2[C@@H](/C=C/[C@@H](O)COc3ccccc3)[C@H](O)C[C@@H]2OC1)C(=O)O. The van der Waals surface area contributed by atoms with Gasteiger partial charge in [-0.25, -0.2) is 0 Å². The summed E-state index contributed by atoms with van der Waals surface area (Å²) in [4.78, 5) is 11.3. The highest BCUT2D eigenvalue weighted by Crippen LogP contribution is 2.42. The molecular weight excluding hydrogens is 432 g/mol. The highest BCUT2D eigenvalue weighted by Gasteiger charge is 2.43. The van der Waals surface area contributed by atoms with E-state index in [1.54, 1.807) is 6.08 Å². The van der Waals surface area contributed by atoms with Crippen LogP contribution in [0, 0.1) is 23.7 Å². The fraction of sp³-hybridized carbons (Fsp3) is 0.679. The summed E-state index contributed by atoms with van der Waals surface area (Å²) in [7, 11) is 0. The molecule has 6 heteroatoms. The van der Waals surface area contributed by atoms with Crippen molar-refractivity contribution in [3.8, 4) is 5.75 Å². The van der Waals surface area contributed by atoms with Crippen LogP contribution in [0.3, 0.4) is 0 Å². The summed E-state index contributed by atoms with van der Waals surface area (Å²) < 4.78 is 11.8. The van der Waals surface area contributed by atoms with Crippen molar-refractivity contribution in [1.29, 1.82) is 0 Å². The first-order valence-corrected chi connectivity index (χ1v) is 13.0. The lowest BCUT2D eigenvalue weighted by molar-refractivity contribution is -0.142. The molecule has 7 atom stereocenters. The minimum absolute atomic E-state index is 0.0134. The number of rotatable bonds is 13. The van der Waals surface area contributed by atoms with Gasteiger partial charge in [-0.2, -0.15) is 0 Å². The Balaban J connectivity index is 1.42. The maximum atomic E-state index is 11.3. The first-order valence-electron chi connectivity index (χ1n) is 13.0. The van der Waals surface area contributed by atoms with Crippen molar-refractivity contribution in [3.05, 3.63) is 42.5 Å². The standard InChI is InChI=1S/C28H42O6/c1-2-8-21(28(31)32)10-7-6-9-20-13-15-25-24(26(30)17-27(25)34-18-20)16-14-22(29)19-33-23-11-4-3-5-12-23/h3-5,11-12,14,16,20-22,24-27,29-30H,2,6-10,13,15,17-19H2,1H3,(H,31,32)/b16-14+/t20-,21?,22+,24+,25+,26+,27-/m0/s1. The van der Waals surface area contributed by atoms with Crippen LogP contribution >= 0.6 is 0 Å². The predicted octanol–water partition coefficient (Wildman–Crippen LogP) is 4.84. The summed E-state index contributed by atoms with van der Waals surface area (Å²) in [6.07, 6.45) is 10.8. The summed E-state index contributed by atoms with van der Waals surface area (Å²) in [5, 5.41) is 30.3. The van der Waals surface area contributed by atoms with Crippen molar-refractivity contribution in [2.75, 3.05) is 13.2 Å². The van der Waals surface area contributed by atoms with E-state index in [0.717, 1.165) is 63.7 Å². The molecule has 3 rings (SSSR count). The Morgan fingerprint density at radius 2 is 2.00 bits per heavy atom. The second-order valence-corrected chi connectivity index (χ2v) is 10.0. The van der Waals surface area contributed by atoms with E-state index in [-0.39, 0.29) is 30.5 Å². The number of benzene rings is 1. The smallest absolute Gasteiger partial charge is 0.306 e. The first kappa shape index (κ1) is 26.7. The molecule has 1 aromatic rings. The number of carbonyl (C=O) groups is 1. The lowest BCUT2D eigenvalue weighted by Gasteiger charge is -2.21. The van der Waals surface area contributed by atoms with Crippen LogP contribution in [0.5, 0.6) is 5.75 Å². The highest BCUT2D eigenvalue weighted by atomic mass is 16.5. The maximum absolute atomic E-state index is 11.3. The van der Waals surface area contributed by atoms with Gasteiger partial charge in [-0.1, -0.05) is 56.5 Å². The van der Waals surface area contributed by atoms with Crippen LogP contribution in [-0.4, -0.2) is 52.8 Å². The minimum atomic E-state index is -0.728. The first-order chi connectivity index (χ1) is 16.5. The van der Waals surface area contributed by atoms with E-state index in [9.17, 15) is 20.1 Å². The summed E-state index contributed by atoms with van der Waals surface area (Å²) in [6, 6.07) is 9.42. The quantitative estimate of drug-likeness (QED) is 0.280. The second-order valence-electron chi connectivity index (χ2n) is 10.0. The number of aliphatic hydroxyl groups is 2. The third kappa shape index (κ3) is 8.10. The van der Waals surface area contributed by atoms with Crippen LogP contribution in [0.15, 0.2) is 42.5 Å². The van der Waals surface area contributed by atoms with Crippen LogP contribution in [0.4, 0.5) is 0 Å². The zero-order chi connectivity index (χ0) is 24.3. The molecule has 34 heavy (non-hydrogen) atoms. The minimum Gasteiger partial charge on any atom is -0.491 e. The molecule has 0 spiro atoms. The fourth-order valence-corrected chi connectivity index (χ4v) is 5.52.